The Morgan fingerprint density at radius 3 is 1.85 bits per heavy atom. The van der Waals surface area contributed by atoms with Crippen molar-refractivity contribution >= 4 is 35.1 Å². The van der Waals surface area contributed by atoms with E-state index in [0.29, 0.717) is 16.7 Å². The molecule has 0 fully saturated rings. The second kappa shape index (κ2) is 8.45. The lowest BCUT2D eigenvalue weighted by Crippen LogP contribution is -2.10. The van der Waals surface area contributed by atoms with E-state index in [9.17, 15) is 22.8 Å². The largest absolute Gasteiger partial charge is 0.423 e. The van der Waals surface area contributed by atoms with Crippen molar-refractivity contribution in [2.24, 2.45) is 0 Å². The van der Waals surface area contributed by atoms with Crippen LogP contribution in [0.2, 0.25) is 10.0 Å². The smallest absolute Gasteiger partial charge is 0.417 e. The zero-order valence-electron chi connectivity index (χ0n) is 13.6. The number of hydrogen-bond donors (Lipinski definition) is 0. The Morgan fingerprint density at radius 1 is 0.889 bits per heavy atom. The maximum atomic E-state index is 12.8. The van der Waals surface area contributed by atoms with Crippen LogP contribution in [-0.4, -0.2) is 11.9 Å². The van der Waals surface area contributed by atoms with E-state index in [2.05, 4.69) is 0 Å². The van der Waals surface area contributed by atoms with E-state index >= 15 is 0 Å². The Bertz CT molecular complexity index is 908. The van der Waals surface area contributed by atoms with E-state index in [-0.39, 0.29) is 11.5 Å². The van der Waals surface area contributed by atoms with Crippen LogP contribution in [0.25, 0.3) is 0 Å². The summed E-state index contributed by atoms with van der Waals surface area (Å²) in [7, 11) is 0. The van der Waals surface area contributed by atoms with Crippen LogP contribution in [0.1, 0.15) is 11.1 Å². The maximum Gasteiger partial charge on any atom is 0.417 e. The molecule has 0 amide bonds. The zero-order chi connectivity index (χ0) is 20.2. The predicted octanol–water partition coefficient (Wildman–Crippen LogP) is 5.39. The highest BCUT2D eigenvalue weighted by Crippen LogP contribution is 2.36. The van der Waals surface area contributed by atoms with Gasteiger partial charge in [0.25, 0.3) is 0 Å². The van der Waals surface area contributed by atoms with Crippen molar-refractivity contribution < 1.29 is 32.2 Å². The molecule has 0 N–H and O–H groups in total. The lowest BCUT2D eigenvalue weighted by Gasteiger charge is -2.10. The minimum atomic E-state index is -4.70. The quantitative estimate of drug-likeness (QED) is 0.379. The molecule has 0 spiro atoms. The maximum absolute atomic E-state index is 12.8. The minimum Gasteiger partial charge on any atom is -0.423 e. The number of hydrogen-bond acceptors (Lipinski definition) is 4. The summed E-state index contributed by atoms with van der Waals surface area (Å²) in [4.78, 5) is 23.3. The van der Waals surface area contributed by atoms with Crippen molar-refractivity contribution in [1.29, 1.82) is 0 Å². The molecular formula is C18H11Cl2F3O4. The molecule has 0 radical (unpaired) electrons. The number of rotatable bonds is 4. The van der Waals surface area contributed by atoms with Crippen molar-refractivity contribution in [2.75, 3.05) is 0 Å². The summed E-state index contributed by atoms with van der Waals surface area (Å²) in [5, 5.41) is -0.0326. The highest BCUT2D eigenvalue weighted by Gasteiger charge is 2.33. The summed E-state index contributed by atoms with van der Waals surface area (Å²) in [6, 6.07) is 7.16. The van der Waals surface area contributed by atoms with Gasteiger partial charge in [-0.2, -0.15) is 13.2 Å². The normalized spacial score (nSPS) is 11.5. The molecule has 0 aromatic heterocycles. The van der Waals surface area contributed by atoms with Crippen LogP contribution in [0.3, 0.4) is 0 Å². The second-order valence-corrected chi connectivity index (χ2v) is 6.04. The van der Waals surface area contributed by atoms with Gasteiger partial charge in [0.05, 0.1) is 10.6 Å². The number of alkyl halides is 3. The van der Waals surface area contributed by atoms with Crippen LogP contribution in [0.15, 0.2) is 48.6 Å². The monoisotopic (exact) mass is 418 g/mol. The van der Waals surface area contributed by atoms with Crippen molar-refractivity contribution in [3.63, 3.8) is 0 Å². The van der Waals surface area contributed by atoms with E-state index in [1.54, 1.807) is 6.92 Å². The van der Waals surface area contributed by atoms with Crippen LogP contribution < -0.4 is 9.47 Å². The molecule has 0 atom stereocenters. The molecule has 0 aliphatic heterocycles. The van der Waals surface area contributed by atoms with Gasteiger partial charge in [0.15, 0.2) is 0 Å². The molecule has 0 unspecified atom stereocenters. The topological polar surface area (TPSA) is 52.6 Å². The van der Waals surface area contributed by atoms with E-state index in [4.69, 9.17) is 32.7 Å². The van der Waals surface area contributed by atoms with Crippen LogP contribution in [0.5, 0.6) is 11.5 Å². The molecule has 0 bridgehead atoms. The fraction of sp³-hybridized carbons (Fsp3) is 0.111. The molecular weight excluding hydrogens is 408 g/mol. The molecule has 0 aliphatic carbocycles. The summed E-state index contributed by atoms with van der Waals surface area (Å²) in [5.74, 6) is -2.09. The molecule has 0 aliphatic rings. The summed E-state index contributed by atoms with van der Waals surface area (Å²) in [5.41, 5.74) is -0.454. The van der Waals surface area contributed by atoms with Gasteiger partial charge in [0, 0.05) is 17.2 Å². The molecule has 142 valence electrons. The molecule has 4 nitrogen and oxygen atoms in total. The molecule has 2 rings (SSSR count). The SMILES string of the molecule is Cc1cc(OC(=O)/C=C/C(=O)Oc2ccc(Cl)c(C(F)(F)F)c2)ccc1Cl. The molecule has 0 saturated carbocycles. The number of benzene rings is 2. The molecule has 2 aromatic rings. The second-order valence-electron chi connectivity index (χ2n) is 5.23. The highest BCUT2D eigenvalue weighted by molar-refractivity contribution is 6.31. The first-order valence-electron chi connectivity index (χ1n) is 7.31. The number of carbonyl (C=O) groups is 2. The summed E-state index contributed by atoms with van der Waals surface area (Å²) in [6.45, 7) is 1.72. The van der Waals surface area contributed by atoms with Crippen molar-refractivity contribution in [3.8, 4) is 11.5 Å². The van der Waals surface area contributed by atoms with Gasteiger partial charge < -0.3 is 9.47 Å². The van der Waals surface area contributed by atoms with E-state index in [1.807, 2.05) is 0 Å². The first-order chi connectivity index (χ1) is 12.6. The molecule has 2 aromatic carbocycles. The Morgan fingerprint density at radius 2 is 1.37 bits per heavy atom. The van der Waals surface area contributed by atoms with E-state index < -0.39 is 28.7 Å². The fourth-order valence-electron chi connectivity index (χ4n) is 1.90. The summed E-state index contributed by atoms with van der Waals surface area (Å²) < 4.78 is 48.0. The molecule has 0 heterocycles. The van der Waals surface area contributed by atoms with E-state index in [1.165, 1.54) is 18.2 Å². The average Bonchev–Trinajstić information content (AvgIpc) is 2.57. The van der Waals surface area contributed by atoms with Gasteiger partial charge in [-0.25, -0.2) is 9.59 Å². The lowest BCUT2D eigenvalue weighted by atomic mass is 10.2. The lowest BCUT2D eigenvalue weighted by molar-refractivity contribution is -0.138. The predicted molar refractivity (Wildman–Crippen MR) is 93.1 cm³/mol. The van der Waals surface area contributed by atoms with Gasteiger partial charge in [-0.05, 0) is 48.9 Å². The zero-order valence-corrected chi connectivity index (χ0v) is 15.2. The van der Waals surface area contributed by atoms with Crippen molar-refractivity contribution in [3.05, 3.63) is 69.7 Å². The van der Waals surface area contributed by atoms with Crippen LogP contribution >= 0.6 is 23.2 Å². The standard InChI is InChI=1S/C18H11Cl2F3O4/c1-10-8-11(2-4-14(10)19)26-16(24)6-7-17(25)27-12-3-5-15(20)13(9-12)18(21,22)23/h2-9H,1H3/b7-6+. The third-order valence-corrected chi connectivity index (χ3v) is 3.92. The fourth-order valence-corrected chi connectivity index (χ4v) is 2.24. The van der Waals surface area contributed by atoms with E-state index in [0.717, 1.165) is 24.3 Å². The van der Waals surface area contributed by atoms with Crippen molar-refractivity contribution in [1.82, 2.24) is 0 Å². The number of esters is 2. The third kappa shape index (κ3) is 6.01. The van der Waals surface area contributed by atoms with Crippen LogP contribution in [-0.2, 0) is 15.8 Å². The number of ether oxygens (including phenoxy) is 2. The average molecular weight is 419 g/mol. The van der Waals surface area contributed by atoms with Gasteiger partial charge in [0.2, 0.25) is 0 Å². The Hall–Kier alpha value is -2.51. The van der Waals surface area contributed by atoms with Gasteiger partial charge in [-0.3, -0.25) is 0 Å². The molecule has 9 heteroatoms. The van der Waals surface area contributed by atoms with Crippen LogP contribution in [0, 0.1) is 6.92 Å². The van der Waals surface area contributed by atoms with Crippen molar-refractivity contribution in [2.45, 2.75) is 13.1 Å². The Balaban J connectivity index is 2.00. The Kier molecular flexibility index (Phi) is 6.51. The number of carbonyl (C=O) groups excluding carboxylic acids is 2. The number of halogens is 5. The molecule has 27 heavy (non-hydrogen) atoms. The molecule has 0 saturated heterocycles. The van der Waals surface area contributed by atoms with Gasteiger partial charge in [-0.1, -0.05) is 23.2 Å². The van der Waals surface area contributed by atoms with Crippen LogP contribution in [0.4, 0.5) is 13.2 Å². The minimum absolute atomic E-state index is 0.215. The third-order valence-electron chi connectivity index (χ3n) is 3.17. The summed E-state index contributed by atoms with van der Waals surface area (Å²) in [6.07, 6.45) is -3.18. The Labute approximate surface area is 162 Å². The van der Waals surface area contributed by atoms with Gasteiger partial charge in [-0.15, -0.1) is 0 Å². The first-order valence-corrected chi connectivity index (χ1v) is 8.06. The van der Waals surface area contributed by atoms with Gasteiger partial charge in [0.1, 0.15) is 11.5 Å². The van der Waals surface area contributed by atoms with Gasteiger partial charge >= 0.3 is 18.1 Å². The summed E-state index contributed by atoms with van der Waals surface area (Å²) >= 11 is 11.3. The first kappa shape index (κ1) is 20.8. The number of aryl methyl sites for hydroxylation is 1. The highest BCUT2D eigenvalue weighted by atomic mass is 35.5.